The molecule has 44 valence electrons. The van der Waals surface area contributed by atoms with Crippen LogP contribution in [0.15, 0.2) is 0 Å². The molecule has 0 fully saturated rings. The van der Waals surface area contributed by atoms with Crippen molar-refractivity contribution in [1.82, 2.24) is 0 Å². The molecule has 0 saturated heterocycles. The Kier molecular flexibility index (Phi) is 7.74. The minimum absolute atomic E-state index is 0.202. The molecule has 0 saturated carbocycles. The van der Waals surface area contributed by atoms with Crippen LogP contribution in [0.25, 0.3) is 0 Å². The summed E-state index contributed by atoms with van der Waals surface area (Å²) in [5.74, 6) is 0. The second-order valence-electron chi connectivity index (χ2n) is 1.03. The molecule has 0 atom stereocenters. The van der Waals surface area contributed by atoms with Crippen molar-refractivity contribution < 1.29 is 4.43 Å². The largest absolute Gasteiger partial charge is 0.423 e. The Morgan fingerprint density at radius 2 is 2.57 bits per heavy atom. The van der Waals surface area contributed by atoms with Crippen LogP contribution < -0.4 is 0 Å². The molecule has 0 aliphatic heterocycles. The highest BCUT2D eigenvalue weighted by Gasteiger charge is 1.81. The molecule has 0 spiro atoms. The van der Waals surface area contributed by atoms with E-state index >= 15 is 0 Å². The molecular formula is C3H10OS2Si. The molecule has 0 rings (SSSR count). The van der Waals surface area contributed by atoms with Crippen molar-refractivity contribution in [3.05, 3.63) is 0 Å². The van der Waals surface area contributed by atoms with Gasteiger partial charge in [-0.15, -0.1) is 11.7 Å². The van der Waals surface area contributed by atoms with Crippen molar-refractivity contribution >= 4 is 32.2 Å². The molecule has 0 amide bonds. The topological polar surface area (TPSA) is 9.23 Å². The van der Waals surface area contributed by atoms with Crippen molar-refractivity contribution in [3.8, 4) is 0 Å². The van der Waals surface area contributed by atoms with Crippen molar-refractivity contribution in [1.29, 1.82) is 0 Å². The Balaban J connectivity index is 2.45. The molecule has 4 heteroatoms. The molecule has 0 aliphatic rings. The van der Waals surface area contributed by atoms with Gasteiger partial charge in [0.25, 0.3) is 0 Å². The van der Waals surface area contributed by atoms with E-state index in [1.54, 1.807) is 10.8 Å². The molecule has 0 N–H and O–H groups in total. The highest BCUT2D eigenvalue weighted by atomic mass is 33.1. The third-order valence-electron chi connectivity index (χ3n) is 0.523. The lowest BCUT2D eigenvalue weighted by atomic mass is 10.9. The summed E-state index contributed by atoms with van der Waals surface area (Å²) in [7, 11) is 1.37. The van der Waals surface area contributed by atoms with E-state index in [4.69, 9.17) is 4.43 Å². The van der Waals surface area contributed by atoms with Crippen molar-refractivity contribution in [2.45, 2.75) is 6.92 Å². The summed E-state index contributed by atoms with van der Waals surface area (Å²) in [6, 6.07) is 0. The van der Waals surface area contributed by atoms with E-state index < -0.39 is 0 Å². The third-order valence-corrected chi connectivity index (χ3v) is 4.26. The maximum Gasteiger partial charge on any atom is 0.172 e. The first-order chi connectivity index (χ1) is 3.41. The van der Waals surface area contributed by atoms with E-state index in [-0.39, 0.29) is 9.76 Å². The smallest absolute Gasteiger partial charge is 0.172 e. The van der Waals surface area contributed by atoms with Crippen LogP contribution in [-0.4, -0.2) is 21.7 Å². The van der Waals surface area contributed by atoms with Gasteiger partial charge in [0.1, 0.15) is 0 Å². The summed E-state index contributed by atoms with van der Waals surface area (Å²) in [4.78, 5) is 0. The Bertz CT molecular complexity index is 32.1. The summed E-state index contributed by atoms with van der Waals surface area (Å²) in [6.45, 7) is 2.90. The van der Waals surface area contributed by atoms with Gasteiger partial charge in [-0.05, 0) is 6.92 Å². The molecule has 0 aromatic carbocycles. The van der Waals surface area contributed by atoms with Crippen LogP contribution in [-0.2, 0) is 4.43 Å². The van der Waals surface area contributed by atoms with E-state index in [1.165, 1.54) is 0 Å². The van der Waals surface area contributed by atoms with Crippen LogP contribution >= 0.6 is 22.5 Å². The van der Waals surface area contributed by atoms with Gasteiger partial charge < -0.3 is 4.43 Å². The average Bonchev–Trinajstić information content (AvgIpc) is 1.69. The number of thiol groups is 1. The zero-order valence-electron chi connectivity index (χ0n) is 4.39. The minimum atomic E-state index is -0.202. The van der Waals surface area contributed by atoms with Gasteiger partial charge in [0, 0.05) is 12.0 Å². The summed E-state index contributed by atoms with van der Waals surface area (Å²) >= 11 is 3.96. The van der Waals surface area contributed by atoms with Crippen LogP contribution in [0.5, 0.6) is 0 Å². The van der Waals surface area contributed by atoms with Crippen molar-refractivity contribution in [3.63, 3.8) is 0 Å². The third kappa shape index (κ3) is 6.88. The Labute approximate surface area is 56.0 Å². The van der Waals surface area contributed by atoms with E-state index in [0.717, 1.165) is 12.0 Å². The van der Waals surface area contributed by atoms with Gasteiger partial charge in [-0.25, -0.2) is 0 Å². The van der Waals surface area contributed by atoms with Crippen molar-refractivity contribution in [2.75, 3.05) is 12.0 Å². The average molecular weight is 154 g/mol. The molecular weight excluding hydrogens is 144 g/mol. The van der Waals surface area contributed by atoms with Crippen LogP contribution in [0.4, 0.5) is 0 Å². The first kappa shape index (κ1) is 7.88. The van der Waals surface area contributed by atoms with Gasteiger partial charge in [-0.2, -0.15) is 0 Å². The second-order valence-corrected chi connectivity index (χ2v) is 4.51. The quantitative estimate of drug-likeness (QED) is 0.275. The monoisotopic (exact) mass is 154 g/mol. The number of hydrogen-bond donors (Lipinski definition) is 1. The molecule has 7 heavy (non-hydrogen) atoms. The molecule has 0 heterocycles. The molecule has 0 aliphatic carbocycles. The summed E-state index contributed by atoms with van der Waals surface area (Å²) in [5.41, 5.74) is 0. The van der Waals surface area contributed by atoms with Gasteiger partial charge in [-0.3, -0.25) is 0 Å². The fourth-order valence-corrected chi connectivity index (χ4v) is 1.97. The highest BCUT2D eigenvalue weighted by molar-refractivity contribution is 8.69. The minimum Gasteiger partial charge on any atom is -0.423 e. The highest BCUT2D eigenvalue weighted by Crippen LogP contribution is 2.01. The maximum atomic E-state index is 5.14. The van der Waals surface area contributed by atoms with Gasteiger partial charge in [0.2, 0.25) is 0 Å². The Morgan fingerprint density at radius 1 is 1.86 bits per heavy atom. The van der Waals surface area contributed by atoms with Gasteiger partial charge in [0.15, 0.2) is 9.76 Å². The fourth-order valence-electron chi connectivity index (χ4n) is 0.241. The molecule has 1 nitrogen and oxygen atoms in total. The molecule has 0 aromatic heterocycles. The van der Waals surface area contributed by atoms with E-state index in [0.29, 0.717) is 0 Å². The lowest BCUT2D eigenvalue weighted by Crippen LogP contribution is -1.99. The molecule has 0 bridgehead atoms. The number of rotatable bonds is 4. The van der Waals surface area contributed by atoms with Gasteiger partial charge in [0.05, 0.1) is 0 Å². The van der Waals surface area contributed by atoms with E-state index in [9.17, 15) is 0 Å². The van der Waals surface area contributed by atoms with Crippen molar-refractivity contribution in [2.24, 2.45) is 0 Å². The molecule has 0 unspecified atom stereocenters. The zero-order valence-corrected chi connectivity index (χ0v) is 7.51. The standard InChI is InChI=1S/C3H10OS2Si/c1-2-4-7-3-6-5/h5H,2-3,7H2,1H3. The zero-order chi connectivity index (χ0) is 5.54. The van der Waals surface area contributed by atoms with E-state index in [2.05, 4.69) is 11.7 Å². The van der Waals surface area contributed by atoms with Crippen LogP contribution in [0, 0.1) is 0 Å². The summed E-state index contributed by atoms with van der Waals surface area (Å²) < 4.78 is 5.14. The predicted octanol–water partition coefficient (Wildman–Crippen LogP) is 0.642. The summed E-state index contributed by atoms with van der Waals surface area (Å²) in [5, 5.41) is 1.12. The van der Waals surface area contributed by atoms with Gasteiger partial charge >= 0.3 is 0 Å². The Morgan fingerprint density at radius 3 is 3.00 bits per heavy atom. The first-order valence-corrected chi connectivity index (χ1v) is 5.87. The normalized spacial score (nSPS) is 11.1. The SMILES string of the molecule is CCO[SiH2]CSS. The van der Waals surface area contributed by atoms with E-state index in [1.807, 2.05) is 6.92 Å². The lowest BCUT2D eigenvalue weighted by molar-refractivity contribution is 0.363. The second kappa shape index (κ2) is 6.88. The molecule has 0 aromatic rings. The van der Waals surface area contributed by atoms with Gasteiger partial charge in [-0.1, -0.05) is 10.8 Å². The first-order valence-electron chi connectivity index (χ1n) is 2.26. The predicted molar refractivity (Wildman–Crippen MR) is 41.6 cm³/mol. The summed E-state index contributed by atoms with van der Waals surface area (Å²) in [6.07, 6.45) is 0. The lowest BCUT2D eigenvalue weighted by Gasteiger charge is -1.93. The van der Waals surface area contributed by atoms with Crippen LogP contribution in [0.1, 0.15) is 6.92 Å². The maximum absolute atomic E-state index is 5.14. The molecule has 0 radical (unpaired) electrons. The Hall–Kier alpha value is 0.877. The van der Waals surface area contributed by atoms with Crippen LogP contribution in [0.2, 0.25) is 0 Å². The fraction of sp³-hybridized carbons (Fsp3) is 1.00. The number of hydrogen-bond acceptors (Lipinski definition) is 3. The van der Waals surface area contributed by atoms with Crippen LogP contribution in [0.3, 0.4) is 0 Å².